The van der Waals surface area contributed by atoms with Gasteiger partial charge in [-0.2, -0.15) is 0 Å². The molecule has 0 fully saturated rings. The van der Waals surface area contributed by atoms with Crippen molar-refractivity contribution in [1.82, 2.24) is 20.3 Å². The normalized spacial score (nSPS) is 11.5. The van der Waals surface area contributed by atoms with Gasteiger partial charge in [-0.25, -0.2) is 9.48 Å². The van der Waals surface area contributed by atoms with Crippen molar-refractivity contribution in [3.63, 3.8) is 0 Å². The van der Waals surface area contributed by atoms with Crippen LogP contribution in [0.3, 0.4) is 0 Å². The van der Waals surface area contributed by atoms with E-state index in [2.05, 4.69) is 20.9 Å². The number of rotatable bonds is 8. The number of ether oxygens (including phenoxy) is 3. The summed E-state index contributed by atoms with van der Waals surface area (Å²) in [5.74, 6) is -0.461. The first kappa shape index (κ1) is 31.1. The van der Waals surface area contributed by atoms with Crippen LogP contribution in [0.15, 0.2) is 36.5 Å². The lowest BCUT2D eigenvalue weighted by atomic mass is 9.86. The van der Waals surface area contributed by atoms with E-state index in [1.54, 1.807) is 37.3 Å². The van der Waals surface area contributed by atoms with Crippen molar-refractivity contribution < 1.29 is 28.6 Å². The second-order valence-electron chi connectivity index (χ2n) is 11.8. The Morgan fingerprint density at radius 2 is 1.71 bits per heavy atom. The number of hydrogen-bond acceptors (Lipinski definition) is 8. The van der Waals surface area contributed by atoms with Crippen LogP contribution in [0.5, 0.6) is 11.5 Å². The molecule has 0 aliphatic heterocycles. The molecular formula is C30H39N5O6. The van der Waals surface area contributed by atoms with Gasteiger partial charge in [-0.3, -0.25) is 9.59 Å². The van der Waals surface area contributed by atoms with Crippen LogP contribution in [0.25, 0.3) is 5.69 Å². The Labute approximate surface area is 240 Å². The number of methoxy groups -OCH3 is 1. The lowest BCUT2D eigenvalue weighted by Gasteiger charge is -2.23. The molecule has 1 aromatic heterocycles. The van der Waals surface area contributed by atoms with E-state index in [1.165, 1.54) is 18.0 Å². The van der Waals surface area contributed by atoms with Gasteiger partial charge in [0.1, 0.15) is 0 Å². The highest BCUT2D eigenvalue weighted by molar-refractivity contribution is 6.06. The molecule has 11 heteroatoms. The average Bonchev–Trinajstić information content (AvgIpc) is 3.36. The summed E-state index contributed by atoms with van der Waals surface area (Å²) in [6, 6.07) is 8.59. The number of nitrogens with one attached hydrogen (secondary N) is 2. The molecule has 41 heavy (non-hydrogen) atoms. The van der Waals surface area contributed by atoms with Gasteiger partial charge in [-0.05, 0) is 60.1 Å². The smallest absolute Gasteiger partial charge is 0.491 e. The first-order valence-electron chi connectivity index (χ1n) is 13.3. The molecule has 1 heterocycles. The van der Waals surface area contributed by atoms with E-state index in [0.29, 0.717) is 23.5 Å². The molecule has 3 aromatic rings. The SMILES string of the molecule is CCOC(=O)Oc1cc(C(C)(C)C)cc(NC(=O)c2ccc(C)c(-n3cc(C(=O)NCC(C)(C)C)nn3)c2)c1OC. The first-order valence-corrected chi connectivity index (χ1v) is 13.3. The highest BCUT2D eigenvalue weighted by atomic mass is 16.7. The summed E-state index contributed by atoms with van der Waals surface area (Å²) in [5.41, 5.74) is 2.62. The van der Waals surface area contributed by atoms with Crippen LogP contribution in [0.1, 0.15) is 80.4 Å². The summed E-state index contributed by atoms with van der Waals surface area (Å²) >= 11 is 0. The largest absolute Gasteiger partial charge is 0.513 e. The Bertz CT molecular complexity index is 1430. The summed E-state index contributed by atoms with van der Waals surface area (Å²) in [4.78, 5) is 38.1. The summed E-state index contributed by atoms with van der Waals surface area (Å²) in [6.07, 6.45) is 0.646. The van der Waals surface area contributed by atoms with E-state index in [-0.39, 0.29) is 40.5 Å². The Kier molecular flexibility index (Phi) is 9.42. The predicted molar refractivity (Wildman–Crippen MR) is 155 cm³/mol. The van der Waals surface area contributed by atoms with Crippen LogP contribution in [-0.2, 0) is 10.2 Å². The zero-order valence-corrected chi connectivity index (χ0v) is 25.2. The third-order valence-electron chi connectivity index (χ3n) is 6.05. The van der Waals surface area contributed by atoms with Crippen molar-refractivity contribution in [1.29, 1.82) is 0 Å². The van der Waals surface area contributed by atoms with E-state index in [9.17, 15) is 14.4 Å². The van der Waals surface area contributed by atoms with E-state index < -0.39 is 12.1 Å². The molecule has 0 unspecified atom stereocenters. The van der Waals surface area contributed by atoms with Gasteiger partial charge in [0.15, 0.2) is 17.2 Å². The maximum Gasteiger partial charge on any atom is 0.513 e. The van der Waals surface area contributed by atoms with Gasteiger partial charge in [-0.15, -0.1) is 5.10 Å². The number of aromatic nitrogens is 3. The predicted octanol–water partition coefficient (Wildman–Crippen LogP) is 5.45. The highest BCUT2D eigenvalue weighted by Gasteiger charge is 2.24. The standard InChI is InChI=1S/C30H39N5O6/c1-10-40-28(38)41-24-15-20(30(6,7)8)14-21(25(24)39-9)32-26(36)19-12-11-18(2)23(13-19)35-16-22(33-34-35)27(37)31-17-29(3,4)5/h11-16H,10,17H2,1-9H3,(H,31,37)(H,32,36). The quantitative estimate of drug-likeness (QED) is 0.272. The van der Waals surface area contributed by atoms with Gasteiger partial charge < -0.3 is 24.8 Å². The number of nitrogens with zero attached hydrogens (tertiary/aromatic N) is 3. The molecule has 0 saturated heterocycles. The Hall–Kier alpha value is -4.41. The number of amides is 2. The summed E-state index contributed by atoms with van der Waals surface area (Å²) in [6.45, 7) is 16.2. The van der Waals surface area contributed by atoms with Crippen molar-refractivity contribution in [2.75, 3.05) is 25.6 Å². The molecule has 2 N–H and O–H groups in total. The maximum atomic E-state index is 13.5. The lowest BCUT2D eigenvalue weighted by molar-refractivity contribution is 0.0932. The molecule has 0 atom stereocenters. The first-order chi connectivity index (χ1) is 19.1. The number of aryl methyl sites for hydroxylation is 1. The van der Waals surface area contributed by atoms with Gasteiger partial charge in [0.05, 0.1) is 31.3 Å². The van der Waals surface area contributed by atoms with E-state index in [1.807, 2.05) is 48.5 Å². The molecule has 0 spiro atoms. The zero-order valence-electron chi connectivity index (χ0n) is 25.2. The van der Waals surface area contributed by atoms with Crippen molar-refractivity contribution in [2.45, 2.75) is 60.8 Å². The molecule has 0 aliphatic rings. The van der Waals surface area contributed by atoms with E-state index in [0.717, 1.165) is 11.1 Å². The average molecular weight is 566 g/mol. The Balaban J connectivity index is 1.93. The third kappa shape index (κ3) is 8.06. The second-order valence-corrected chi connectivity index (χ2v) is 11.8. The lowest BCUT2D eigenvalue weighted by Crippen LogP contribution is -2.32. The molecular weight excluding hydrogens is 526 g/mol. The fraction of sp³-hybridized carbons (Fsp3) is 0.433. The minimum atomic E-state index is -0.878. The fourth-order valence-electron chi connectivity index (χ4n) is 3.77. The molecule has 0 radical (unpaired) electrons. The van der Waals surface area contributed by atoms with Crippen LogP contribution in [0.2, 0.25) is 0 Å². The minimum absolute atomic E-state index is 0.0787. The molecule has 2 amide bonds. The van der Waals surface area contributed by atoms with Crippen LogP contribution in [0.4, 0.5) is 10.5 Å². The Morgan fingerprint density at radius 3 is 2.32 bits per heavy atom. The molecule has 3 rings (SSSR count). The molecule has 220 valence electrons. The van der Waals surface area contributed by atoms with Crippen molar-refractivity contribution in [2.24, 2.45) is 5.41 Å². The summed E-state index contributed by atoms with van der Waals surface area (Å²) < 4.78 is 17.3. The highest BCUT2D eigenvalue weighted by Crippen LogP contribution is 2.40. The molecule has 0 aliphatic carbocycles. The van der Waals surface area contributed by atoms with Crippen LogP contribution in [0, 0.1) is 12.3 Å². The second kappa shape index (κ2) is 12.4. The van der Waals surface area contributed by atoms with Gasteiger partial charge in [0.2, 0.25) is 0 Å². The van der Waals surface area contributed by atoms with Gasteiger partial charge in [-0.1, -0.05) is 52.8 Å². The summed E-state index contributed by atoms with van der Waals surface area (Å²) in [5, 5.41) is 13.9. The zero-order chi connectivity index (χ0) is 30.5. The van der Waals surface area contributed by atoms with Crippen LogP contribution < -0.4 is 20.1 Å². The number of benzene rings is 2. The van der Waals surface area contributed by atoms with Crippen molar-refractivity contribution in [3.05, 3.63) is 58.9 Å². The maximum absolute atomic E-state index is 13.5. The number of carbonyl (C=O) groups is 3. The minimum Gasteiger partial charge on any atom is -0.491 e. The Morgan fingerprint density at radius 1 is 1.00 bits per heavy atom. The monoisotopic (exact) mass is 565 g/mol. The van der Waals surface area contributed by atoms with Crippen molar-refractivity contribution in [3.8, 4) is 17.2 Å². The number of anilines is 1. The van der Waals surface area contributed by atoms with E-state index >= 15 is 0 Å². The van der Waals surface area contributed by atoms with E-state index in [4.69, 9.17) is 14.2 Å². The van der Waals surface area contributed by atoms with Crippen LogP contribution >= 0.6 is 0 Å². The van der Waals surface area contributed by atoms with Crippen LogP contribution in [-0.4, -0.2) is 53.2 Å². The van der Waals surface area contributed by atoms with Crippen molar-refractivity contribution >= 4 is 23.7 Å². The fourth-order valence-corrected chi connectivity index (χ4v) is 3.77. The topological polar surface area (TPSA) is 134 Å². The number of hydrogen-bond donors (Lipinski definition) is 2. The summed E-state index contributed by atoms with van der Waals surface area (Å²) in [7, 11) is 1.42. The molecule has 2 aromatic carbocycles. The number of carbonyl (C=O) groups excluding carboxylic acids is 3. The molecule has 0 bridgehead atoms. The third-order valence-corrected chi connectivity index (χ3v) is 6.05. The van der Waals surface area contributed by atoms with Gasteiger partial charge >= 0.3 is 6.16 Å². The molecule has 11 nitrogen and oxygen atoms in total. The van der Waals surface area contributed by atoms with Gasteiger partial charge in [0.25, 0.3) is 11.8 Å². The van der Waals surface area contributed by atoms with Gasteiger partial charge in [0, 0.05) is 12.1 Å². The molecule has 0 saturated carbocycles.